The smallest absolute Gasteiger partial charge is 0.306 e. The Labute approximate surface area is 212 Å². The Hall–Kier alpha value is -0.610. The van der Waals surface area contributed by atoms with Crippen molar-refractivity contribution < 1.29 is 9.53 Å². The van der Waals surface area contributed by atoms with Crippen LogP contribution in [0, 0.1) is 5.92 Å². The van der Waals surface area contributed by atoms with Crippen molar-refractivity contribution >= 4 is 5.97 Å². The molecule has 0 aromatic carbocycles. The first-order valence-corrected chi connectivity index (χ1v) is 14.9. The molecular formula is C30H58N2O2. The van der Waals surface area contributed by atoms with Crippen LogP contribution in [0.2, 0.25) is 0 Å². The number of carbonyl (C=O) groups is 1. The number of rotatable bonds is 17. The Kier molecular flexibility index (Phi) is 12.9. The monoisotopic (exact) mass is 478 g/mol. The molecule has 1 saturated heterocycles. The van der Waals surface area contributed by atoms with Gasteiger partial charge in [0.2, 0.25) is 0 Å². The van der Waals surface area contributed by atoms with Gasteiger partial charge in [-0.25, -0.2) is 0 Å². The second-order valence-electron chi connectivity index (χ2n) is 12.6. The summed E-state index contributed by atoms with van der Waals surface area (Å²) in [6, 6.07) is 0. The molecular weight excluding hydrogens is 420 g/mol. The molecule has 0 aromatic rings. The summed E-state index contributed by atoms with van der Waals surface area (Å²) in [7, 11) is 0. The van der Waals surface area contributed by atoms with E-state index in [4.69, 9.17) is 4.74 Å². The number of nitrogens with one attached hydrogen (secondary N) is 2. The average molecular weight is 479 g/mol. The molecule has 1 saturated carbocycles. The van der Waals surface area contributed by atoms with Crippen molar-refractivity contribution in [3.63, 3.8) is 0 Å². The zero-order chi connectivity index (χ0) is 24.9. The van der Waals surface area contributed by atoms with E-state index in [1.165, 1.54) is 89.9 Å². The molecule has 4 heteroatoms. The van der Waals surface area contributed by atoms with Crippen molar-refractivity contribution in [3.05, 3.63) is 0 Å². The number of hydrogen-bond acceptors (Lipinski definition) is 4. The molecule has 2 aliphatic rings. The molecule has 2 fully saturated rings. The lowest BCUT2D eigenvalue weighted by molar-refractivity contribution is -0.145. The third-order valence-corrected chi connectivity index (χ3v) is 8.74. The third-order valence-electron chi connectivity index (χ3n) is 8.74. The molecule has 0 bridgehead atoms. The van der Waals surface area contributed by atoms with Gasteiger partial charge in [-0.2, -0.15) is 0 Å². The largest absolute Gasteiger partial charge is 0.466 e. The van der Waals surface area contributed by atoms with Crippen LogP contribution in [0.4, 0.5) is 0 Å². The van der Waals surface area contributed by atoms with Crippen LogP contribution in [0.25, 0.3) is 0 Å². The number of carbonyl (C=O) groups excluding carboxylic acids is 1. The minimum atomic E-state index is -0.0230. The molecule has 0 aromatic heterocycles. The highest BCUT2D eigenvalue weighted by Crippen LogP contribution is 2.42. The highest BCUT2D eigenvalue weighted by molar-refractivity contribution is 5.69. The van der Waals surface area contributed by atoms with Gasteiger partial charge < -0.3 is 4.74 Å². The number of hydrogen-bond donors (Lipinski definition) is 2. The fourth-order valence-corrected chi connectivity index (χ4v) is 6.11. The Morgan fingerprint density at radius 2 is 1.24 bits per heavy atom. The maximum absolute atomic E-state index is 12.4. The number of ether oxygens (including phenoxy) is 1. The van der Waals surface area contributed by atoms with Gasteiger partial charge in [-0.05, 0) is 65.7 Å². The minimum absolute atomic E-state index is 0.00765. The van der Waals surface area contributed by atoms with E-state index >= 15 is 0 Å². The van der Waals surface area contributed by atoms with Crippen molar-refractivity contribution in [2.75, 3.05) is 6.61 Å². The Balaban J connectivity index is 1.44. The van der Waals surface area contributed by atoms with Crippen LogP contribution < -0.4 is 10.6 Å². The van der Waals surface area contributed by atoms with E-state index in [0.29, 0.717) is 18.9 Å². The maximum atomic E-state index is 12.4. The van der Waals surface area contributed by atoms with Crippen molar-refractivity contribution in [1.29, 1.82) is 0 Å². The van der Waals surface area contributed by atoms with Gasteiger partial charge in [0.15, 0.2) is 0 Å². The zero-order valence-electron chi connectivity index (χ0n) is 23.5. The van der Waals surface area contributed by atoms with Gasteiger partial charge >= 0.3 is 5.97 Å². The lowest BCUT2D eigenvalue weighted by atomic mass is 9.79. The second kappa shape index (κ2) is 14.8. The first kappa shape index (κ1) is 29.6. The summed E-state index contributed by atoms with van der Waals surface area (Å²) in [4.78, 5) is 12.4. The quantitative estimate of drug-likeness (QED) is 0.164. The van der Waals surface area contributed by atoms with Crippen molar-refractivity contribution in [1.82, 2.24) is 10.6 Å². The van der Waals surface area contributed by atoms with E-state index in [2.05, 4.69) is 45.3 Å². The first-order valence-electron chi connectivity index (χ1n) is 14.9. The fourth-order valence-electron chi connectivity index (χ4n) is 6.11. The van der Waals surface area contributed by atoms with Crippen LogP contribution in [-0.2, 0) is 9.53 Å². The molecule has 34 heavy (non-hydrogen) atoms. The molecule has 2 N–H and O–H groups in total. The molecule has 1 atom stereocenters. The lowest BCUT2D eigenvalue weighted by Crippen LogP contribution is -2.55. The Morgan fingerprint density at radius 3 is 1.74 bits per heavy atom. The summed E-state index contributed by atoms with van der Waals surface area (Å²) >= 11 is 0. The Bertz CT molecular complexity index is 556. The molecule has 1 spiro atoms. The van der Waals surface area contributed by atoms with Crippen molar-refractivity contribution in [2.24, 2.45) is 5.92 Å². The van der Waals surface area contributed by atoms with Crippen LogP contribution in [0.1, 0.15) is 157 Å². The molecule has 1 aliphatic heterocycles. The molecule has 1 heterocycles. The Morgan fingerprint density at radius 1 is 0.765 bits per heavy atom. The van der Waals surface area contributed by atoms with Gasteiger partial charge in [0.05, 0.1) is 12.3 Å². The molecule has 2 rings (SSSR count). The molecule has 1 unspecified atom stereocenters. The molecule has 1 aliphatic carbocycles. The van der Waals surface area contributed by atoms with E-state index in [1.54, 1.807) is 0 Å². The summed E-state index contributed by atoms with van der Waals surface area (Å²) in [6.45, 7) is 12.0. The van der Waals surface area contributed by atoms with Gasteiger partial charge in [0.1, 0.15) is 0 Å². The highest BCUT2D eigenvalue weighted by Gasteiger charge is 2.54. The molecule has 4 nitrogen and oxygen atoms in total. The summed E-state index contributed by atoms with van der Waals surface area (Å²) < 4.78 is 5.61. The molecule has 0 radical (unpaired) electrons. The third kappa shape index (κ3) is 10.2. The maximum Gasteiger partial charge on any atom is 0.306 e. The number of unbranched alkanes of at least 4 members (excludes halogenated alkanes) is 13. The normalized spacial score (nSPS) is 22.8. The topological polar surface area (TPSA) is 50.4 Å². The predicted molar refractivity (Wildman–Crippen MR) is 145 cm³/mol. The van der Waals surface area contributed by atoms with Gasteiger partial charge in [-0.3, -0.25) is 15.4 Å². The van der Waals surface area contributed by atoms with Crippen LogP contribution in [0.5, 0.6) is 0 Å². The highest BCUT2D eigenvalue weighted by atomic mass is 16.5. The van der Waals surface area contributed by atoms with Crippen molar-refractivity contribution in [3.8, 4) is 0 Å². The van der Waals surface area contributed by atoms with Gasteiger partial charge in [0.25, 0.3) is 0 Å². The number of esters is 1. The zero-order valence-corrected chi connectivity index (χ0v) is 23.5. The van der Waals surface area contributed by atoms with Crippen LogP contribution >= 0.6 is 0 Å². The van der Waals surface area contributed by atoms with Gasteiger partial charge in [0, 0.05) is 17.5 Å². The fraction of sp³-hybridized carbons (Fsp3) is 0.967. The van der Waals surface area contributed by atoms with Crippen LogP contribution in [-0.4, -0.2) is 29.3 Å². The lowest BCUT2D eigenvalue weighted by Gasteiger charge is -2.39. The first-order chi connectivity index (χ1) is 16.2. The predicted octanol–water partition coefficient (Wildman–Crippen LogP) is 8.04. The second-order valence-corrected chi connectivity index (χ2v) is 12.6. The van der Waals surface area contributed by atoms with Gasteiger partial charge in [-0.15, -0.1) is 0 Å². The van der Waals surface area contributed by atoms with Crippen LogP contribution in [0.15, 0.2) is 0 Å². The SMILES string of the molecule is CCCCCCCCCCCCCCCCOC(=O)CC1CCCC2(C1)NC(C)(C)C(C)(C)N2. The summed E-state index contributed by atoms with van der Waals surface area (Å²) in [5.41, 5.74) is 0.0669. The van der Waals surface area contributed by atoms with Crippen molar-refractivity contribution in [2.45, 2.75) is 173 Å². The molecule has 0 amide bonds. The standard InChI is InChI=1S/C30H58N2O2/c1-6-7-8-9-10-11-12-13-14-15-16-17-18-19-23-34-27(33)24-26-21-20-22-30(25-26)31-28(2,3)29(4,5)32-30/h26,31-32H,6-25H2,1-5H3. The van der Waals surface area contributed by atoms with E-state index in [-0.39, 0.29) is 22.7 Å². The van der Waals surface area contributed by atoms with Crippen LogP contribution in [0.3, 0.4) is 0 Å². The minimum Gasteiger partial charge on any atom is -0.466 e. The van der Waals surface area contributed by atoms with E-state index in [9.17, 15) is 4.79 Å². The average Bonchev–Trinajstić information content (AvgIpc) is 2.93. The van der Waals surface area contributed by atoms with Gasteiger partial charge in [-0.1, -0.05) is 90.4 Å². The van der Waals surface area contributed by atoms with E-state index in [1.807, 2.05) is 0 Å². The van der Waals surface area contributed by atoms with E-state index < -0.39 is 0 Å². The van der Waals surface area contributed by atoms with E-state index in [0.717, 1.165) is 25.7 Å². The summed E-state index contributed by atoms with van der Waals surface area (Å²) in [5, 5.41) is 7.75. The summed E-state index contributed by atoms with van der Waals surface area (Å²) in [5.74, 6) is 0.426. The molecule has 200 valence electrons. The summed E-state index contributed by atoms with van der Waals surface area (Å²) in [6.07, 6.45) is 24.0.